The Kier molecular flexibility index (Phi) is 7.77. The number of alkyl halides is 4. The van der Waals surface area contributed by atoms with Crippen molar-refractivity contribution in [2.75, 3.05) is 45.2 Å². The van der Waals surface area contributed by atoms with Crippen LogP contribution in [0, 0.1) is 6.92 Å². The molecule has 0 atom stereocenters. The van der Waals surface area contributed by atoms with Gasteiger partial charge in [0.05, 0.1) is 11.1 Å². The van der Waals surface area contributed by atoms with Crippen molar-refractivity contribution in [3.05, 3.63) is 76.7 Å². The van der Waals surface area contributed by atoms with Gasteiger partial charge in [-0.15, -0.1) is 0 Å². The number of benzene rings is 1. The summed E-state index contributed by atoms with van der Waals surface area (Å²) in [6, 6.07) is 8.63. The standard InChI is InChI=1S/C27H29F4N5O/c1-18-22(5-4-6-32-18)23-14-25(36-9-7-34(2)8-10-36)33-16-24(23)26(37)35(3)17-20-11-19(15-28)12-21(13-20)27(29,30)31/h4-6,11-14,16H,7-10,15,17H2,1-3H3. The molecule has 4 rings (SSSR count). The molecule has 0 N–H and O–H groups in total. The van der Waals surface area contributed by atoms with Gasteiger partial charge < -0.3 is 14.7 Å². The van der Waals surface area contributed by atoms with E-state index in [2.05, 4.69) is 26.8 Å². The molecule has 37 heavy (non-hydrogen) atoms. The van der Waals surface area contributed by atoms with Gasteiger partial charge in [0.15, 0.2) is 0 Å². The molecule has 0 bridgehead atoms. The molecule has 1 aliphatic heterocycles. The Morgan fingerprint density at radius 2 is 1.73 bits per heavy atom. The van der Waals surface area contributed by atoms with Crippen molar-refractivity contribution in [2.45, 2.75) is 26.3 Å². The predicted molar refractivity (Wildman–Crippen MR) is 134 cm³/mol. The summed E-state index contributed by atoms with van der Waals surface area (Å²) < 4.78 is 53.2. The number of pyridine rings is 2. The first-order valence-electron chi connectivity index (χ1n) is 11.9. The Morgan fingerprint density at radius 3 is 2.38 bits per heavy atom. The van der Waals surface area contributed by atoms with Crippen molar-refractivity contribution >= 4 is 11.7 Å². The molecular weight excluding hydrogens is 486 g/mol. The van der Waals surface area contributed by atoms with E-state index in [-0.39, 0.29) is 17.7 Å². The summed E-state index contributed by atoms with van der Waals surface area (Å²) in [5.74, 6) is 0.339. The highest BCUT2D eigenvalue weighted by molar-refractivity contribution is 6.01. The highest BCUT2D eigenvalue weighted by Crippen LogP contribution is 2.32. The fraction of sp³-hybridized carbons (Fsp3) is 0.370. The molecule has 0 radical (unpaired) electrons. The van der Waals surface area contributed by atoms with E-state index in [1.54, 1.807) is 12.3 Å². The SMILES string of the molecule is Cc1ncccc1-c1cc(N2CCN(C)CC2)ncc1C(=O)N(C)Cc1cc(CF)cc(C(F)(F)F)c1. The van der Waals surface area contributed by atoms with Crippen molar-refractivity contribution in [3.8, 4) is 11.1 Å². The first kappa shape index (κ1) is 26.5. The van der Waals surface area contributed by atoms with Crippen molar-refractivity contribution in [1.82, 2.24) is 19.8 Å². The van der Waals surface area contributed by atoms with Gasteiger partial charge in [-0.2, -0.15) is 13.2 Å². The van der Waals surface area contributed by atoms with Gasteiger partial charge >= 0.3 is 6.18 Å². The van der Waals surface area contributed by atoms with Crippen molar-refractivity contribution in [2.24, 2.45) is 0 Å². The Bertz CT molecular complexity index is 1270. The molecule has 3 heterocycles. The van der Waals surface area contributed by atoms with Crippen molar-refractivity contribution < 1.29 is 22.4 Å². The van der Waals surface area contributed by atoms with Crippen molar-refractivity contribution in [3.63, 3.8) is 0 Å². The summed E-state index contributed by atoms with van der Waals surface area (Å²) in [5.41, 5.74) is 1.64. The lowest BCUT2D eigenvalue weighted by molar-refractivity contribution is -0.137. The van der Waals surface area contributed by atoms with Crippen molar-refractivity contribution in [1.29, 1.82) is 0 Å². The van der Waals surface area contributed by atoms with E-state index < -0.39 is 24.3 Å². The molecular formula is C27H29F4N5O. The number of hydrogen-bond acceptors (Lipinski definition) is 5. The first-order valence-corrected chi connectivity index (χ1v) is 11.9. The number of aryl methyl sites for hydroxylation is 1. The minimum Gasteiger partial charge on any atom is -0.354 e. The zero-order valence-corrected chi connectivity index (χ0v) is 21.0. The molecule has 0 aliphatic carbocycles. The van der Waals surface area contributed by atoms with Crippen LogP contribution in [0.15, 0.2) is 48.8 Å². The smallest absolute Gasteiger partial charge is 0.354 e. The second-order valence-electron chi connectivity index (χ2n) is 9.35. The van der Waals surface area contributed by atoms with Crippen LogP contribution in [0.5, 0.6) is 0 Å². The number of likely N-dealkylation sites (N-methyl/N-ethyl adjacent to an activating group) is 1. The van der Waals surface area contributed by atoms with Crippen LogP contribution in [-0.4, -0.2) is 65.9 Å². The molecule has 0 spiro atoms. The number of anilines is 1. The number of carbonyl (C=O) groups is 1. The van der Waals surface area contributed by atoms with Crippen LogP contribution in [-0.2, 0) is 19.4 Å². The van der Waals surface area contributed by atoms with Gasteiger partial charge in [0.2, 0.25) is 0 Å². The van der Waals surface area contributed by atoms with Gasteiger partial charge in [0, 0.05) is 69.0 Å². The van der Waals surface area contributed by atoms with E-state index in [9.17, 15) is 22.4 Å². The Morgan fingerprint density at radius 1 is 1.03 bits per heavy atom. The molecule has 3 aromatic rings. The summed E-state index contributed by atoms with van der Waals surface area (Å²) in [6.07, 6.45) is -1.42. The Balaban J connectivity index is 1.68. The van der Waals surface area contributed by atoms with E-state index in [1.807, 2.05) is 19.1 Å². The molecule has 196 valence electrons. The molecule has 1 aliphatic rings. The highest BCUT2D eigenvalue weighted by Gasteiger charge is 2.31. The van der Waals surface area contributed by atoms with Crippen LogP contribution in [0.1, 0.15) is 32.7 Å². The fourth-order valence-corrected chi connectivity index (χ4v) is 4.46. The van der Waals surface area contributed by atoms with E-state index in [0.717, 1.165) is 55.4 Å². The largest absolute Gasteiger partial charge is 0.416 e. The molecule has 1 amide bonds. The van der Waals surface area contributed by atoms with E-state index in [4.69, 9.17) is 0 Å². The fourth-order valence-electron chi connectivity index (χ4n) is 4.46. The first-order chi connectivity index (χ1) is 17.6. The third-order valence-corrected chi connectivity index (χ3v) is 6.54. The second-order valence-corrected chi connectivity index (χ2v) is 9.35. The molecule has 10 heteroatoms. The topological polar surface area (TPSA) is 52.6 Å². The number of halogens is 4. The summed E-state index contributed by atoms with van der Waals surface area (Å²) in [4.78, 5) is 28.2. The Hall–Kier alpha value is -3.53. The zero-order chi connectivity index (χ0) is 26.7. The van der Waals surface area contributed by atoms with Gasteiger partial charge in [-0.1, -0.05) is 12.1 Å². The lowest BCUT2D eigenvalue weighted by atomic mass is 9.99. The van der Waals surface area contributed by atoms with Gasteiger partial charge in [-0.3, -0.25) is 9.78 Å². The average Bonchev–Trinajstić information content (AvgIpc) is 2.88. The number of piperazine rings is 1. The molecule has 2 aromatic heterocycles. The van der Waals surface area contributed by atoms with E-state index >= 15 is 0 Å². The maximum Gasteiger partial charge on any atom is 0.416 e. The quantitative estimate of drug-likeness (QED) is 0.434. The molecule has 0 unspecified atom stereocenters. The minimum absolute atomic E-state index is 0.0875. The Labute approximate surface area is 213 Å². The lowest BCUT2D eigenvalue weighted by Gasteiger charge is -2.33. The van der Waals surface area contributed by atoms with Gasteiger partial charge in [-0.05, 0) is 49.4 Å². The third-order valence-electron chi connectivity index (χ3n) is 6.54. The molecule has 6 nitrogen and oxygen atoms in total. The van der Waals surface area contributed by atoms with Crippen LogP contribution in [0.2, 0.25) is 0 Å². The number of rotatable bonds is 6. The summed E-state index contributed by atoms with van der Waals surface area (Å²) in [5, 5.41) is 0. The molecule has 1 fully saturated rings. The van der Waals surface area contributed by atoms with Gasteiger partial charge in [0.25, 0.3) is 5.91 Å². The van der Waals surface area contributed by atoms with Crippen LogP contribution in [0.25, 0.3) is 11.1 Å². The summed E-state index contributed by atoms with van der Waals surface area (Å²) >= 11 is 0. The van der Waals surface area contributed by atoms with Crippen LogP contribution in [0.3, 0.4) is 0 Å². The monoisotopic (exact) mass is 515 g/mol. The number of amides is 1. The molecule has 1 aromatic carbocycles. The predicted octanol–water partition coefficient (Wildman–Crippen LogP) is 4.96. The number of nitrogens with zero attached hydrogens (tertiary/aromatic N) is 5. The molecule has 1 saturated heterocycles. The van der Waals surface area contributed by atoms with Gasteiger partial charge in [0.1, 0.15) is 12.5 Å². The zero-order valence-electron chi connectivity index (χ0n) is 21.0. The summed E-state index contributed by atoms with van der Waals surface area (Å²) in [7, 11) is 3.57. The average molecular weight is 516 g/mol. The lowest BCUT2D eigenvalue weighted by Crippen LogP contribution is -2.44. The van der Waals surface area contributed by atoms with Gasteiger partial charge in [-0.25, -0.2) is 9.37 Å². The second kappa shape index (κ2) is 10.8. The highest BCUT2D eigenvalue weighted by atomic mass is 19.4. The van der Waals surface area contributed by atoms with E-state index in [0.29, 0.717) is 11.1 Å². The minimum atomic E-state index is -4.61. The van der Waals surface area contributed by atoms with E-state index in [1.165, 1.54) is 24.2 Å². The third kappa shape index (κ3) is 6.07. The maximum atomic E-state index is 13.6. The number of aromatic nitrogens is 2. The normalized spacial score (nSPS) is 14.6. The van der Waals surface area contributed by atoms with Crippen LogP contribution in [0.4, 0.5) is 23.4 Å². The number of carbonyl (C=O) groups excluding carboxylic acids is 1. The number of hydrogen-bond donors (Lipinski definition) is 0. The van der Waals surface area contributed by atoms with Crippen LogP contribution < -0.4 is 4.90 Å². The van der Waals surface area contributed by atoms with Crippen LogP contribution >= 0.6 is 0 Å². The maximum absolute atomic E-state index is 13.6. The molecule has 0 saturated carbocycles. The summed E-state index contributed by atoms with van der Waals surface area (Å²) in [6.45, 7) is 4.08.